The van der Waals surface area contributed by atoms with Crippen LogP contribution in [0.3, 0.4) is 0 Å². The number of rotatable bonds is 6. The predicted molar refractivity (Wildman–Crippen MR) is 86.1 cm³/mol. The van der Waals surface area contributed by atoms with Crippen LogP contribution in [-0.2, 0) is 9.05 Å². The predicted octanol–water partition coefficient (Wildman–Crippen LogP) is 3.78. The van der Waals surface area contributed by atoms with Crippen LogP contribution in [0.4, 0.5) is 0 Å². The molecule has 7 heteroatoms. The third-order valence-electron chi connectivity index (χ3n) is 3.44. The Labute approximate surface area is 138 Å². The quantitative estimate of drug-likeness (QED) is 0.690. The van der Waals surface area contributed by atoms with Gasteiger partial charge in [-0.1, -0.05) is 13.3 Å². The lowest BCUT2D eigenvalue weighted by Crippen LogP contribution is -2.34. The summed E-state index contributed by atoms with van der Waals surface area (Å²) in [7, 11) is 1.51. The number of halogens is 2. The number of carbonyl (C=O) groups is 1. The van der Waals surface area contributed by atoms with Gasteiger partial charge < -0.3 is 4.90 Å². The zero-order valence-electron chi connectivity index (χ0n) is 11.7. The topological polar surface area (TPSA) is 54.5 Å². The third-order valence-corrected chi connectivity index (χ3v) is 5.76. The summed E-state index contributed by atoms with van der Waals surface area (Å²) in [6, 6.07) is 4.81. The molecule has 0 aliphatic heterocycles. The Kier molecular flexibility index (Phi) is 5.33. The van der Waals surface area contributed by atoms with Crippen molar-refractivity contribution in [1.29, 1.82) is 0 Å². The van der Waals surface area contributed by atoms with E-state index in [1.807, 2.05) is 4.90 Å². The van der Waals surface area contributed by atoms with Crippen molar-refractivity contribution in [3.63, 3.8) is 0 Å². The van der Waals surface area contributed by atoms with Crippen LogP contribution < -0.4 is 0 Å². The van der Waals surface area contributed by atoms with Gasteiger partial charge in [0.2, 0.25) is 0 Å². The van der Waals surface area contributed by atoms with Crippen LogP contribution in [0.5, 0.6) is 0 Å². The van der Waals surface area contributed by atoms with Gasteiger partial charge in [-0.3, -0.25) is 4.79 Å². The first-order chi connectivity index (χ1) is 9.84. The molecule has 1 amide bonds. The molecule has 0 aromatic heterocycles. The molecule has 0 bridgehead atoms. The van der Waals surface area contributed by atoms with Crippen molar-refractivity contribution in [1.82, 2.24) is 4.90 Å². The summed E-state index contributed by atoms with van der Waals surface area (Å²) in [5, 5.41) is 0. The van der Waals surface area contributed by atoms with E-state index < -0.39 is 9.05 Å². The number of benzene rings is 1. The molecule has 21 heavy (non-hydrogen) atoms. The van der Waals surface area contributed by atoms with Gasteiger partial charge in [-0.15, -0.1) is 0 Å². The fraction of sp³-hybridized carbons (Fsp3) is 0.500. The Hall–Kier alpha value is -0.590. The van der Waals surface area contributed by atoms with Crippen LogP contribution in [0.1, 0.15) is 43.0 Å². The normalized spacial score (nSPS) is 15.0. The first-order valence-corrected chi connectivity index (χ1v) is 10.00. The van der Waals surface area contributed by atoms with Crippen molar-refractivity contribution >= 4 is 41.6 Å². The molecule has 4 nitrogen and oxygen atoms in total. The summed E-state index contributed by atoms with van der Waals surface area (Å²) in [5.41, 5.74) is 0.362. The van der Waals surface area contributed by atoms with Crippen molar-refractivity contribution < 1.29 is 13.2 Å². The molecule has 2 rings (SSSR count). The largest absolute Gasteiger partial charge is 0.336 e. The van der Waals surface area contributed by atoms with E-state index in [0.29, 0.717) is 22.6 Å². The molecule has 0 spiro atoms. The molecule has 116 valence electrons. The van der Waals surface area contributed by atoms with Crippen LogP contribution in [-0.4, -0.2) is 31.8 Å². The second-order valence-electron chi connectivity index (χ2n) is 5.17. The SMILES string of the molecule is CCCCN(C(=O)c1ccc(Br)c(S(=O)(=O)Cl)c1)C1CC1. The number of nitrogens with zero attached hydrogens (tertiary/aromatic N) is 1. The molecule has 0 saturated heterocycles. The summed E-state index contributed by atoms with van der Waals surface area (Å²) < 4.78 is 23.4. The van der Waals surface area contributed by atoms with Crippen LogP contribution >= 0.6 is 26.6 Å². The zero-order valence-corrected chi connectivity index (χ0v) is 14.8. The lowest BCUT2D eigenvalue weighted by Gasteiger charge is -2.22. The van der Waals surface area contributed by atoms with E-state index >= 15 is 0 Å². The zero-order chi connectivity index (χ0) is 15.6. The molecule has 1 aromatic carbocycles. The Morgan fingerprint density at radius 1 is 1.43 bits per heavy atom. The minimum absolute atomic E-state index is 0.0683. The lowest BCUT2D eigenvalue weighted by atomic mass is 10.2. The van der Waals surface area contributed by atoms with Gasteiger partial charge in [-0.25, -0.2) is 8.42 Å². The van der Waals surface area contributed by atoms with E-state index in [9.17, 15) is 13.2 Å². The van der Waals surface area contributed by atoms with E-state index in [2.05, 4.69) is 22.9 Å². The summed E-state index contributed by atoms with van der Waals surface area (Å²) in [5.74, 6) is -0.125. The molecule has 1 aromatic rings. The highest BCUT2D eigenvalue weighted by atomic mass is 79.9. The maximum absolute atomic E-state index is 12.6. The minimum Gasteiger partial charge on any atom is -0.336 e. The highest BCUT2D eigenvalue weighted by molar-refractivity contribution is 9.10. The Balaban J connectivity index is 2.29. The van der Waals surface area contributed by atoms with E-state index in [4.69, 9.17) is 10.7 Å². The summed E-state index contributed by atoms with van der Waals surface area (Å²) >= 11 is 3.15. The fourth-order valence-electron chi connectivity index (χ4n) is 2.15. The van der Waals surface area contributed by atoms with Gasteiger partial charge in [0.1, 0.15) is 0 Å². The molecule has 0 N–H and O–H groups in total. The Morgan fingerprint density at radius 2 is 2.10 bits per heavy atom. The molecule has 0 heterocycles. The monoisotopic (exact) mass is 393 g/mol. The molecular weight excluding hydrogens is 378 g/mol. The van der Waals surface area contributed by atoms with Gasteiger partial charge in [-0.05, 0) is 53.4 Å². The fourth-order valence-corrected chi connectivity index (χ4v) is 4.27. The van der Waals surface area contributed by atoms with Crippen molar-refractivity contribution in [2.45, 2.75) is 43.5 Å². The average molecular weight is 395 g/mol. The summed E-state index contributed by atoms with van der Waals surface area (Å²) in [4.78, 5) is 14.4. The van der Waals surface area contributed by atoms with Crippen LogP contribution in [0.2, 0.25) is 0 Å². The summed E-state index contributed by atoms with van der Waals surface area (Å²) in [6.45, 7) is 2.78. The smallest absolute Gasteiger partial charge is 0.262 e. The van der Waals surface area contributed by atoms with Gasteiger partial charge in [0.05, 0.1) is 4.90 Å². The molecule has 0 radical (unpaired) electrons. The first kappa shape index (κ1) is 16.8. The molecule has 1 aliphatic rings. The second-order valence-corrected chi connectivity index (χ2v) is 8.56. The highest BCUT2D eigenvalue weighted by Gasteiger charge is 2.33. The average Bonchev–Trinajstić information content (AvgIpc) is 3.22. The minimum atomic E-state index is -3.88. The molecule has 0 unspecified atom stereocenters. The number of carbonyl (C=O) groups excluding carboxylic acids is 1. The van der Waals surface area contributed by atoms with Crippen LogP contribution in [0.15, 0.2) is 27.6 Å². The number of unbranched alkanes of at least 4 members (excludes halogenated alkanes) is 1. The van der Waals surface area contributed by atoms with Gasteiger partial charge in [0, 0.05) is 33.3 Å². The molecule has 0 atom stereocenters. The molecular formula is C14H17BrClNO3S. The van der Waals surface area contributed by atoms with Crippen molar-refractivity contribution in [2.24, 2.45) is 0 Å². The third kappa shape index (κ3) is 4.20. The van der Waals surface area contributed by atoms with E-state index in [1.165, 1.54) is 6.07 Å². The second kappa shape index (κ2) is 6.67. The van der Waals surface area contributed by atoms with E-state index in [-0.39, 0.29) is 10.8 Å². The highest BCUT2D eigenvalue weighted by Crippen LogP contribution is 2.31. The number of hydrogen-bond acceptors (Lipinski definition) is 3. The molecule has 1 saturated carbocycles. The molecule has 1 aliphatic carbocycles. The lowest BCUT2D eigenvalue weighted by molar-refractivity contribution is 0.0740. The van der Waals surface area contributed by atoms with Crippen molar-refractivity contribution in [3.8, 4) is 0 Å². The first-order valence-electron chi connectivity index (χ1n) is 6.89. The van der Waals surface area contributed by atoms with Gasteiger partial charge in [-0.2, -0.15) is 0 Å². The van der Waals surface area contributed by atoms with Crippen molar-refractivity contribution in [3.05, 3.63) is 28.2 Å². The maximum Gasteiger partial charge on any atom is 0.262 e. The van der Waals surface area contributed by atoms with Gasteiger partial charge in [0.15, 0.2) is 0 Å². The van der Waals surface area contributed by atoms with Crippen LogP contribution in [0, 0.1) is 0 Å². The summed E-state index contributed by atoms with van der Waals surface area (Å²) in [6.07, 6.45) is 4.00. The standard InChI is InChI=1S/C14H17BrClNO3S/c1-2-3-8-17(11-5-6-11)14(18)10-4-7-12(15)13(9-10)21(16,19)20/h4,7,9,11H,2-3,5-6,8H2,1H3. The number of amides is 1. The van der Waals surface area contributed by atoms with Gasteiger partial charge in [0.25, 0.3) is 15.0 Å². The number of hydrogen-bond donors (Lipinski definition) is 0. The van der Waals surface area contributed by atoms with Gasteiger partial charge >= 0.3 is 0 Å². The van der Waals surface area contributed by atoms with Crippen molar-refractivity contribution in [2.75, 3.05) is 6.54 Å². The van der Waals surface area contributed by atoms with E-state index in [1.54, 1.807) is 12.1 Å². The van der Waals surface area contributed by atoms with E-state index in [0.717, 1.165) is 25.7 Å². The maximum atomic E-state index is 12.6. The van der Waals surface area contributed by atoms with Crippen LogP contribution in [0.25, 0.3) is 0 Å². The molecule has 1 fully saturated rings. The Bertz CT molecular complexity index is 644. The Morgan fingerprint density at radius 3 is 2.62 bits per heavy atom.